The van der Waals surface area contributed by atoms with Crippen LogP contribution in [0.3, 0.4) is 0 Å². The molecule has 0 aromatic rings. The summed E-state index contributed by atoms with van der Waals surface area (Å²) in [6, 6.07) is 0. The van der Waals surface area contributed by atoms with Crippen molar-refractivity contribution in [3.05, 3.63) is 24.3 Å². The first-order valence-corrected chi connectivity index (χ1v) is 31.0. The predicted octanol–water partition coefficient (Wildman–Crippen LogP) is 14.7. The number of carbonyl (C=O) groups is 1. The van der Waals surface area contributed by atoms with Gasteiger partial charge in [0.15, 0.2) is 6.29 Å². The van der Waals surface area contributed by atoms with E-state index in [1.54, 1.807) is 0 Å². The van der Waals surface area contributed by atoms with E-state index < -0.39 is 59.8 Å². The second kappa shape index (κ2) is 49.5. The maximum Gasteiger partial charge on any atom is 0.397 e. The first-order valence-electron chi connectivity index (χ1n) is 29.6. The van der Waals surface area contributed by atoms with Crippen molar-refractivity contribution in [2.75, 3.05) is 26.4 Å². The lowest BCUT2D eigenvalue weighted by Gasteiger charge is -2.41. The molecule has 0 aromatic carbocycles. The van der Waals surface area contributed by atoms with Gasteiger partial charge in [0.05, 0.1) is 19.8 Å². The van der Waals surface area contributed by atoms with Crippen LogP contribution in [-0.4, -0.2) is 97.5 Å². The Kier molecular flexibility index (Phi) is 47.1. The third kappa shape index (κ3) is 42.5. The lowest BCUT2D eigenvalue weighted by atomic mass is 9.99. The highest BCUT2D eigenvalue weighted by atomic mass is 32.3. The van der Waals surface area contributed by atoms with Crippen LogP contribution in [0, 0.1) is 0 Å². The largest absolute Gasteiger partial charge is 0.457 e. The van der Waals surface area contributed by atoms with Gasteiger partial charge in [0.25, 0.3) is 0 Å². The molecule has 0 aliphatic carbocycles. The van der Waals surface area contributed by atoms with E-state index in [9.17, 15) is 33.1 Å². The Labute approximate surface area is 435 Å². The molecule has 0 aromatic heterocycles. The lowest BCUT2D eigenvalue weighted by Crippen LogP contribution is -2.60. The second-order valence-corrected chi connectivity index (χ2v) is 21.6. The summed E-state index contributed by atoms with van der Waals surface area (Å²) >= 11 is 0. The standard InChI is InChI=1S/C58H110O12S/c1-3-5-7-9-11-13-15-17-19-21-23-24-25-26-27-28-29-31-33-35-37-39-41-43-45-47-54(60)68-52(51-67-58-56(62)57(70-71(63,64)65)55(61)53(49-59)69-58)50-66-48-46-44-42-40-38-36-34-32-30-22-20-18-16-14-12-10-8-6-4-2/h20-23,52-53,55-59,61-62H,3-19,24-51H2,1-2H3,(H,63,64,65)/b22-20-,23-21-. The van der Waals surface area contributed by atoms with Crippen LogP contribution in [0.2, 0.25) is 0 Å². The van der Waals surface area contributed by atoms with Gasteiger partial charge in [-0.15, -0.1) is 0 Å². The fourth-order valence-corrected chi connectivity index (χ4v) is 9.82. The Morgan fingerprint density at radius 1 is 0.521 bits per heavy atom. The number of allylic oxidation sites excluding steroid dienone is 4. The van der Waals surface area contributed by atoms with E-state index in [1.165, 1.54) is 212 Å². The number of esters is 1. The van der Waals surface area contributed by atoms with Gasteiger partial charge >= 0.3 is 16.4 Å². The van der Waals surface area contributed by atoms with Gasteiger partial charge < -0.3 is 34.3 Å². The van der Waals surface area contributed by atoms with Crippen molar-refractivity contribution >= 4 is 16.4 Å². The molecule has 4 N–H and O–H groups in total. The molecule has 0 radical (unpaired) electrons. The van der Waals surface area contributed by atoms with Crippen LogP contribution < -0.4 is 0 Å². The quantitative estimate of drug-likeness (QED) is 0.0196. The van der Waals surface area contributed by atoms with E-state index in [1.807, 2.05) is 0 Å². The molecule has 1 aliphatic heterocycles. The van der Waals surface area contributed by atoms with E-state index in [0.717, 1.165) is 38.5 Å². The molecule has 0 amide bonds. The van der Waals surface area contributed by atoms with Crippen LogP contribution in [0.25, 0.3) is 0 Å². The third-order valence-electron chi connectivity index (χ3n) is 13.8. The SMILES string of the molecule is CCCCCCCCC/C=C\CCCCCCCCCCOCC(COC1OC(CO)C(O)C(OS(=O)(=O)O)C1O)OC(=O)CCCCCCCCCCCCCCC/C=C\CCCCCCCCCC. The van der Waals surface area contributed by atoms with Crippen LogP contribution in [0.4, 0.5) is 0 Å². The number of aliphatic hydroxyl groups excluding tert-OH is 3. The molecule has 420 valence electrons. The van der Waals surface area contributed by atoms with Crippen molar-refractivity contribution in [3.8, 4) is 0 Å². The minimum atomic E-state index is -5.07. The van der Waals surface area contributed by atoms with Crippen molar-refractivity contribution in [2.24, 2.45) is 0 Å². The van der Waals surface area contributed by atoms with Crippen molar-refractivity contribution in [3.63, 3.8) is 0 Å². The fraction of sp³-hybridized carbons (Fsp3) is 0.914. The zero-order valence-electron chi connectivity index (χ0n) is 45.6. The van der Waals surface area contributed by atoms with E-state index in [-0.39, 0.29) is 19.6 Å². The summed E-state index contributed by atoms with van der Waals surface area (Å²) in [5.41, 5.74) is 0. The van der Waals surface area contributed by atoms with Crippen LogP contribution >= 0.6 is 0 Å². The molecule has 1 rings (SSSR count). The number of ether oxygens (including phenoxy) is 4. The van der Waals surface area contributed by atoms with Crippen molar-refractivity contribution in [2.45, 2.75) is 314 Å². The molecule has 71 heavy (non-hydrogen) atoms. The van der Waals surface area contributed by atoms with Gasteiger partial charge in [-0.1, -0.05) is 231 Å². The Hall–Kier alpha value is -1.42. The monoisotopic (exact) mass is 1030 g/mol. The molecule has 0 saturated carbocycles. The Balaban J connectivity index is 2.27. The Morgan fingerprint density at radius 3 is 1.27 bits per heavy atom. The van der Waals surface area contributed by atoms with E-state index in [0.29, 0.717) is 13.0 Å². The maximum absolute atomic E-state index is 13.0. The highest BCUT2D eigenvalue weighted by molar-refractivity contribution is 7.80. The molecular formula is C58H110O12S. The van der Waals surface area contributed by atoms with Crippen molar-refractivity contribution in [1.29, 1.82) is 0 Å². The van der Waals surface area contributed by atoms with Crippen LogP contribution in [0.15, 0.2) is 24.3 Å². The molecule has 1 heterocycles. The van der Waals surface area contributed by atoms with Gasteiger partial charge in [-0.05, 0) is 64.2 Å². The molecule has 6 unspecified atom stereocenters. The first-order chi connectivity index (χ1) is 34.6. The lowest BCUT2D eigenvalue weighted by molar-refractivity contribution is -0.301. The number of hydrogen-bond acceptors (Lipinski definition) is 11. The molecule has 1 saturated heterocycles. The zero-order valence-corrected chi connectivity index (χ0v) is 46.4. The molecular weight excluding hydrogens is 921 g/mol. The number of carbonyl (C=O) groups excluding carboxylic acids is 1. The number of aliphatic hydroxyl groups is 3. The highest BCUT2D eigenvalue weighted by Gasteiger charge is 2.48. The van der Waals surface area contributed by atoms with Crippen molar-refractivity contribution in [1.82, 2.24) is 0 Å². The average Bonchev–Trinajstić information content (AvgIpc) is 3.35. The minimum absolute atomic E-state index is 0.0378. The summed E-state index contributed by atoms with van der Waals surface area (Å²) in [6.45, 7) is 4.04. The van der Waals surface area contributed by atoms with Crippen LogP contribution in [0.5, 0.6) is 0 Å². The number of rotatable bonds is 53. The van der Waals surface area contributed by atoms with E-state index in [2.05, 4.69) is 42.3 Å². The molecule has 1 aliphatic rings. The molecule has 13 heteroatoms. The summed E-state index contributed by atoms with van der Waals surface area (Å²) in [5, 5.41) is 30.8. The van der Waals surface area contributed by atoms with Crippen molar-refractivity contribution < 1.29 is 56.2 Å². The highest BCUT2D eigenvalue weighted by Crippen LogP contribution is 2.26. The maximum atomic E-state index is 13.0. The number of hydrogen-bond donors (Lipinski definition) is 4. The fourth-order valence-electron chi connectivity index (χ4n) is 9.31. The molecule has 0 spiro atoms. The van der Waals surface area contributed by atoms with Gasteiger partial charge in [-0.25, -0.2) is 4.18 Å². The van der Waals surface area contributed by atoms with E-state index in [4.69, 9.17) is 18.9 Å². The van der Waals surface area contributed by atoms with E-state index >= 15 is 0 Å². The number of unbranched alkanes of at least 4 members (excludes halogenated alkanes) is 36. The zero-order chi connectivity index (χ0) is 51.7. The van der Waals surface area contributed by atoms with Gasteiger partial charge in [0.1, 0.15) is 30.5 Å². The summed E-state index contributed by atoms with van der Waals surface area (Å²) < 4.78 is 59.4. The summed E-state index contributed by atoms with van der Waals surface area (Å²) in [5.74, 6) is -0.395. The summed E-state index contributed by atoms with van der Waals surface area (Å²) in [7, 11) is -5.07. The van der Waals surface area contributed by atoms with Gasteiger partial charge in [-0.3, -0.25) is 9.35 Å². The normalized spacial score (nSPS) is 19.1. The molecule has 1 fully saturated rings. The third-order valence-corrected chi connectivity index (χ3v) is 14.3. The topological polar surface area (TPSA) is 178 Å². The van der Waals surface area contributed by atoms with Gasteiger partial charge in [-0.2, -0.15) is 8.42 Å². The minimum Gasteiger partial charge on any atom is -0.457 e. The molecule has 12 nitrogen and oxygen atoms in total. The second-order valence-electron chi connectivity index (χ2n) is 20.6. The van der Waals surface area contributed by atoms with Gasteiger partial charge in [0.2, 0.25) is 0 Å². The Bertz CT molecular complexity index is 1330. The molecule has 0 bridgehead atoms. The molecule has 6 atom stereocenters. The summed E-state index contributed by atoms with van der Waals surface area (Å²) in [6.07, 6.45) is 50.7. The summed E-state index contributed by atoms with van der Waals surface area (Å²) in [4.78, 5) is 13.0. The Morgan fingerprint density at radius 2 is 0.887 bits per heavy atom. The van der Waals surface area contributed by atoms with Crippen LogP contribution in [0.1, 0.15) is 277 Å². The smallest absolute Gasteiger partial charge is 0.397 e. The first kappa shape index (κ1) is 67.6. The van der Waals surface area contributed by atoms with Crippen LogP contribution in [-0.2, 0) is 38.3 Å². The predicted molar refractivity (Wildman–Crippen MR) is 290 cm³/mol. The average molecular weight is 1030 g/mol. The van der Waals surface area contributed by atoms with Gasteiger partial charge in [0, 0.05) is 13.0 Å².